The number of hydrogen-bond acceptors (Lipinski definition) is 2. The van der Waals surface area contributed by atoms with Crippen LogP contribution in [-0.2, 0) is 9.59 Å². The van der Waals surface area contributed by atoms with Gasteiger partial charge in [0.05, 0.1) is 0 Å². The quantitative estimate of drug-likeness (QED) is 0.435. The Labute approximate surface area is 95.3 Å². The van der Waals surface area contributed by atoms with Crippen LogP contribution in [0, 0.1) is 5.92 Å². The van der Waals surface area contributed by atoms with Crippen molar-refractivity contribution < 1.29 is 14.7 Å². The predicted octanol–water partition coefficient (Wildman–Crippen LogP) is -1.07. The molecule has 1 amide bonds. The van der Waals surface area contributed by atoms with E-state index in [0.717, 1.165) is 0 Å². The van der Waals surface area contributed by atoms with Gasteiger partial charge in [0.1, 0.15) is 6.04 Å². The number of nitrogens with one attached hydrogen (secondary N) is 1. The van der Waals surface area contributed by atoms with Crippen LogP contribution in [0.1, 0.15) is 13.8 Å². The van der Waals surface area contributed by atoms with Crippen molar-refractivity contribution in [1.82, 2.24) is 5.32 Å². The second-order valence-corrected chi connectivity index (χ2v) is 2.34. The number of carboxylic acids is 1. The Morgan fingerprint density at radius 2 is 2.00 bits per heavy atom. The van der Waals surface area contributed by atoms with Gasteiger partial charge in [-0.15, -0.1) is 0 Å². The normalized spacial score (nSPS) is 11.5. The van der Waals surface area contributed by atoms with Crippen molar-refractivity contribution in [3.63, 3.8) is 0 Å². The number of amides is 1. The Hall–Kier alpha value is 0.200. The predicted molar refractivity (Wildman–Crippen MR) is 44.0 cm³/mol. The van der Waals surface area contributed by atoms with Crippen LogP contribution in [0.4, 0.5) is 0 Å². The summed E-state index contributed by atoms with van der Waals surface area (Å²) >= 11 is 0. The van der Waals surface area contributed by atoms with Crippen molar-refractivity contribution in [2.24, 2.45) is 5.92 Å². The second-order valence-electron chi connectivity index (χ2n) is 2.34. The minimum absolute atomic E-state index is 0. The van der Waals surface area contributed by atoms with Crippen LogP contribution in [0.3, 0.4) is 0 Å². The molecule has 5 heteroatoms. The number of carbonyl (C=O) groups excluding carboxylic acids is 1. The summed E-state index contributed by atoms with van der Waals surface area (Å²) in [5.74, 6) is -1.08. The minimum atomic E-state index is -0.998. The van der Waals surface area contributed by atoms with E-state index in [-0.39, 0.29) is 43.7 Å². The molecule has 0 aromatic rings. The number of carbonyl (C=O) groups is 2. The van der Waals surface area contributed by atoms with E-state index in [1.807, 2.05) is 0 Å². The van der Waals surface area contributed by atoms with E-state index >= 15 is 0 Å². The van der Waals surface area contributed by atoms with Gasteiger partial charge in [0, 0.05) is 0 Å². The van der Waals surface area contributed by atoms with Crippen molar-refractivity contribution in [1.29, 1.82) is 0 Å². The molecule has 0 unspecified atom stereocenters. The molecule has 0 heterocycles. The van der Waals surface area contributed by atoms with Crippen molar-refractivity contribution in [2.75, 3.05) is 0 Å². The molecule has 0 rings (SSSR count). The van der Waals surface area contributed by atoms with Gasteiger partial charge < -0.3 is 10.4 Å². The molecule has 0 saturated heterocycles. The van der Waals surface area contributed by atoms with E-state index in [4.69, 9.17) is 5.11 Å². The number of aliphatic carboxylic acids is 1. The van der Waals surface area contributed by atoms with Crippen LogP contribution in [0.2, 0.25) is 0 Å². The molecule has 0 saturated carbocycles. The zero-order chi connectivity index (χ0) is 8.15. The van der Waals surface area contributed by atoms with E-state index in [0.29, 0.717) is 6.41 Å². The Bertz CT molecular complexity index is 138. The summed E-state index contributed by atoms with van der Waals surface area (Å²) < 4.78 is 0. The van der Waals surface area contributed by atoms with Gasteiger partial charge in [0.2, 0.25) is 6.41 Å². The molecule has 0 aliphatic rings. The summed E-state index contributed by atoms with van der Waals surface area (Å²) in [5, 5.41) is 10.7. The first-order valence-corrected chi connectivity index (χ1v) is 3.02. The Morgan fingerprint density at radius 3 is 2.09 bits per heavy atom. The summed E-state index contributed by atoms with van der Waals surface area (Å²) in [7, 11) is 0. The molecule has 4 nitrogen and oxygen atoms in total. The van der Waals surface area contributed by atoms with Gasteiger partial charge in [-0.05, 0) is 5.92 Å². The molecule has 0 aliphatic heterocycles. The van der Waals surface area contributed by atoms with Crippen LogP contribution >= 0.6 is 0 Å². The second kappa shape index (κ2) is 6.88. The van der Waals surface area contributed by atoms with Gasteiger partial charge >= 0.3 is 43.7 Å². The SMILES string of the molecule is CC(C)[C@H](NC=O)C(=O)O.[CaH2]. The first-order valence-electron chi connectivity index (χ1n) is 3.02. The van der Waals surface area contributed by atoms with Gasteiger partial charge in [0.15, 0.2) is 0 Å². The molecular weight excluding hydrogens is 174 g/mol. The van der Waals surface area contributed by atoms with Gasteiger partial charge in [-0.3, -0.25) is 4.79 Å². The monoisotopic (exact) mass is 187 g/mol. The molecular formula is C6H13CaNO3. The van der Waals surface area contributed by atoms with E-state index in [1.165, 1.54) is 0 Å². The van der Waals surface area contributed by atoms with Crippen LogP contribution in [0.5, 0.6) is 0 Å². The molecule has 0 aromatic heterocycles. The summed E-state index contributed by atoms with van der Waals surface area (Å²) in [6, 6.07) is -0.766. The molecule has 0 bridgehead atoms. The maximum atomic E-state index is 10.3. The molecule has 0 fully saturated rings. The first kappa shape index (κ1) is 13.8. The molecule has 1 atom stereocenters. The van der Waals surface area contributed by atoms with Crippen LogP contribution in [0.15, 0.2) is 0 Å². The van der Waals surface area contributed by atoms with E-state index in [9.17, 15) is 9.59 Å². The fourth-order valence-corrected chi connectivity index (χ4v) is 0.622. The molecule has 0 aromatic carbocycles. The molecule has 0 radical (unpaired) electrons. The summed E-state index contributed by atoms with van der Waals surface area (Å²) in [5.41, 5.74) is 0. The fraction of sp³-hybridized carbons (Fsp3) is 0.667. The summed E-state index contributed by atoms with van der Waals surface area (Å²) in [4.78, 5) is 20.2. The molecule has 0 spiro atoms. The fourth-order valence-electron chi connectivity index (χ4n) is 0.622. The van der Waals surface area contributed by atoms with Gasteiger partial charge in [-0.25, -0.2) is 4.79 Å². The summed E-state index contributed by atoms with van der Waals surface area (Å²) in [6.45, 7) is 3.46. The number of carboxylic acid groups (broad SMARTS) is 1. The van der Waals surface area contributed by atoms with Crippen molar-refractivity contribution in [2.45, 2.75) is 19.9 Å². The first-order chi connectivity index (χ1) is 4.59. The summed E-state index contributed by atoms with van der Waals surface area (Å²) in [6.07, 6.45) is 0.402. The van der Waals surface area contributed by atoms with E-state index in [2.05, 4.69) is 5.32 Å². The third kappa shape index (κ3) is 5.47. The van der Waals surface area contributed by atoms with Crippen molar-refractivity contribution in [3.05, 3.63) is 0 Å². The standard InChI is InChI=1S/C6H11NO3.Ca.2H/c1-4(2)5(6(9)10)7-3-8;;;/h3-5H,1-2H3,(H,7,8)(H,9,10);;;/t5-;;;/m0.../s1. The van der Waals surface area contributed by atoms with Crippen LogP contribution < -0.4 is 5.32 Å². The van der Waals surface area contributed by atoms with Gasteiger partial charge in [-0.1, -0.05) is 13.8 Å². The van der Waals surface area contributed by atoms with Crippen LogP contribution in [-0.4, -0.2) is 61.3 Å². The Kier molecular flexibility index (Phi) is 8.61. The number of hydrogen-bond donors (Lipinski definition) is 2. The topological polar surface area (TPSA) is 66.4 Å². The molecule has 62 valence electrons. The zero-order valence-corrected chi connectivity index (χ0v) is 6.00. The van der Waals surface area contributed by atoms with Gasteiger partial charge in [0.25, 0.3) is 0 Å². The average molecular weight is 187 g/mol. The third-order valence-electron chi connectivity index (χ3n) is 1.18. The van der Waals surface area contributed by atoms with Crippen molar-refractivity contribution >= 4 is 50.1 Å². The third-order valence-corrected chi connectivity index (χ3v) is 1.18. The Balaban J connectivity index is 0. The Morgan fingerprint density at radius 1 is 1.55 bits per heavy atom. The number of rotatable bonds is 4. The van der Waals surface area contributed by atoms with Crippen molar-refractivity contribution in [3.8, 4) is 0 Å². The zero-order valence-electron chi connectivity index (χ0n) is 6.00. The molecule has 2 N–H and O–H groups in total. The van der Waals surface area contributed by atoms with Crippen LogP contribution in [0.25, 0.3) is 0 Å². The average Bonchev–Trinajstić information content (AvgIpc) is 1.81. The molecule has 0 aliphatic carbocycles. The maximum absolute atomic E-state index is 10.3. The molecule has 11 heavy (non-hydrogen) atoms. The van der Waals surface area contributed by atoms with Gasteiger partial charge in [-0.2, -0.15) is 0 Å². The van der Waals surface area contributed by atoms with E-state index in [1.54, 1.807) is 13.8 Å². The van der Waals surface area contributed by atoms with E-state index < -0.39 is 12.0 Å².